The third-order valence-electron chi connectivity index (χ3n) is 4.56. The molecular formula is C20H19Cl2NO3. The zero-order chi connectivity index (χ0) is 18.7. The van der Waals surface area contributed by atoms with Gasteiger partial charge >= 0.3 is 5.97 Å². The molecule has 0 bridgehead atoms. The van der Waals surface area contributed by atoms with Crippen LogP contribution >= 0.6 is 23.2 Å². The Labute approximate surface area is 162 Å². The molecule has 136 valence electrons. The minimum atomic E-state index is -0.442. The van der Waals surface area contributed by atoms with E-state index in [1.54, 1.807) is 12.1 Å². The van der Waals surface area contributed by atoms with Crippen molar-refractivity contribution in [2.75, 3.05) is 13.7 Å². The number of hydrogen-bond acceptors (Lipinski definition) is 3. The number of nitrogens with zero attached hydrogens (tertiary/aromatic N) is 1. The monoisotopic (exact) mass is 391 g/mol. The van der Waals surface area contributed by atoms with Gasteiger partial charge in [0, 0.05) is 22.5 Å². The average molecular weight is 392 g/mol. The number of hydrogen-bond donors (Lipinski definition) is 0. The van der Waals surface area contributed by atoms with Gasteiger partial charge in [-0.05, 0) is 41.7 Å². The van der Waals surface area contributed by atoms with Gasteiger partial charge in [0.25, 0.3) is 0 Å². The zero-order valence-electron chi connectivity index (χ0n) is 14.3. The lowest BCUT2D eigenvalue weighted by molar-refractivity contribution is -0.147. The van der Waals surface area contributed by atoms with Crippen LogP contribution < -0.4 is 0 Å². The van der Waals surface area contributed by atoms with Gasteiger partial charge in [-0.25, -0.2) is 0 Å². The van der Waals surface area contributed by atoms with Crippen LogP contribution in [-0.2, 0) is 20.9 Å². The molecule has 0 radical (unpaired) electrons. The lowest BCUT2D eigenvalue weighted by Gasteiger charge is -2.22. The van der Waals surface area contributed by atoms with Crippen LogP contribution in [0.1, 0.15) is 23.5 Å². The van der Waals surface area contributed by atoms with Crippen molar-refractivity contribution in [2.24, 2.45) is 5.92 Å². The lowest BCUT2D eigenvalue weighted by atomic mass is 10.1. The fourth-order valence-corrected chi connectivity index (χ4v) is 3.47. The lowest BCUT2D eigenvalue weighted by Crippen LogP contribution is -2.37. The minimum Gasteiger partial charge on any atom is -0.468 e. The van der Waals surface area contributed by atoms with Crippen molar-refractivity contribution in [3.05, 3.63) is 69.7 Å². The van der Waals surface area contributed by atoms with Gasteiger partial charge in [-0.15, -0.1) is 0 Å². The molecule has 26 heavy (non-hydrogen) atoms. The highest BCUT2D eigenvalue weighted by atomic mass is 35.5. The van der Waals surface area contributed by atoms with Crippen molar-refractivity contribution in [3.8, 4) is 0 Å². The summed E-state index contributed by atoms with van der Waals surface area (Å²) in [5.74, 6) is -0.564. The molecule has 1 aliphatic carbocycles. The van der Waals surface area contributed by atoms with Gasteiger partial charge in [0.1, 0.15) is 6.54 Å². The summed E-state index contributed by atoms with van der Waals surface area (Å²) in [4.78, 5) is 26.3. The number of benzene rings is 2. The van der Waals surface area contributed by atoms with Crippen molar-refractivity contribution < 1.29 is 14.3 Å². The normalized spacial score (nSPS) is 18.3. The highest BCUT2D eigenvalue weighted by molar-refractivity contribution is 6.31. The van der Waals surface area contributed by atoms with Gasteiger partial charge < -0.3 is 9.64 Å². The SMILES string of the molecule is COC(=O)CN(Cc1ccc(Cl)cc1)C(=O)C1CC1c1ccccc1Cl. The van der Waals surface area contributed by atoms with Crippen LogP contribution in [0, 0.1) is 5.92 Å². The summed E-state index contributed by atoms with van der Waals surface area (Å²) in [6.07, 6.45) is 0.737. The first-order valence-corrected chi connectivity index (χ1v) is 9.09. The van der Waals surface area contributed by atoms with Gasteiger partial charge in [-0.1, -0.05) is 53.5 Å². The Bertz CT molecular complexity index is 807. The second kappa shape index (κ2) is 8.11. The molecule has 3 rings (SSSR count). The van der Waals surface area contributed by atoms with Crippen LogP contribution in [0.3, 0.4) is 0 Å². The molecular weight excluding hydrogens is 373 g/mol. The predicted octanol–water partition coefficient (Wildman–Crippen LogP) is 4.30. The van der Waals surface area contributed by atoms with E-state index in [4.69, 9.17) is 27.9 Å². The van der Waals surface area contributed by atoms with E-state index in [0.29, 0.717) is 16.6 Å². The first-order chi connectivity index (χ1) is 12.5. The fourth-order valence-electron chi connectivity index (χ4n) is 3.06. The van der Waals surface area contributed by atoms with E-state index in [-0.39, 0.29) is 24.3 Å². The quantitative estimate of drug-likeness (QED) is 0.689. The minimum absolute atomic E-state index is 0.0599. The van der Waals surface area contributed by atoms with Crippen LogP contribution in [0.25, 0.3) is 0 Å². The van der Waals surface area contributed by atoms with Crippen LogP contribution in [0.15, 0.2) is 48.5 Å². The van der Waals surface area contributed by atoms with E-state index in [2.05, 4.69) is 0 Å². The molecule has 4 nitrogen and oxygen atoms in total. The van der Waals surface area contributed by atoms with Gasteiger partial charge in [0.2, 0.25) is 5.91 Å². The second-order valence-electron chi connectivity index (χ2n) is 6.37. The molecule has 1 aliphatic rings. The summed E-state index contributed by atoms with van der Waals surface area (Å²) in [7, 11) is 1.32. The zero-order valence-corrected chi connectivity index (χ0v) is 15.8. The van der Waals surface area contributed by atoms with Crippen molar-refractivity contribution >= 4 is 35.1 Å². The Kier molecular flexibility index (Phi) is 5.84. The molecule has 2 aromatic carbocycles. The molecule has 0 heterocycles. The van der Waals surface area contributed by atoms with Crippen LogP contribution in [0.2, 0.25) is 10.0 Å². The smallest absolute Gasteiger partial charge is 0.325 e. The van der Waals surface area contributed by atoms with E-state index in [0.717, 1.165) is 17.5 Å². The third kappa shape index (κ3) is 4.37. The Balaban J connectivity index is 1.74. The van der Waals surface area contributed by atoms with E-state index in [1.807, 2.05) is 36.4 Å². The maximum absolute atomic E-state index is 13.0. The summed E-state index contributed by atoms with van der Waals surface area (Å²) in [6, 6.07) is 14.8. The van der Waals surface area contributed by atoms with Gasteiger partial charge in [0.15, 0.2) is 0 Å². The number of carbonyl (C=O) groups is 2. The molecule has 2 atom stereocenters. The van der Waals surface area contributed by atoms with Crippen molar-refractivity contribution in [3.63, 3.8) is 0 Å². The van der Waals surface area contributed by atoms with Crippen molar-refractivity contribution in [2.45, 2.75) is 18.9 Å². The number of esters is 1. The number of halogens is 2. The number of carbonyl (C=O) groups excluding carboxylic acids is 2. The molecule has 1 amide bonds. The molecule has 0 saturated heterocycles. The summed E-state index contributed by atoms with van der Waals surface area (Å²) in [5.41, 5.74) is 1.89. The summed E-state index contributed by atoms with van der Waals surface area (Å²) in [5, 5.41) is 1.30. The Morgan fingerprint density at radius 3 is 2.46 bits per heavy atom. The molecule has 0 spiro atoms. The van der Waals surface area contributed by atoms with Crippen LogP contribution in [0.5, 0.6) is 0 Å². The van der Waals surface area contributed by atoms with Crippen molar-refractivity contribution in [1.29, 1.82) is 0 Å². The molecule has 2 aromatic rings. The highest BCUT2D eigenvalue weighted by Crippen LogP contribution is 2.50. The molecule has 6 heteroatoms. The molecule has 1 fully saturated rings. The number of ether oxygens (including phenoxy) is 1. The van der Waals surface area contributed by atoms with Crippen molar-refractivity contribution in [1.82, 2.24) is 4.90 Å². The highest BCUT2D eigenvalue weighted by Gasteiger charge is 2.46. The number of rotatable bonds is 6. The maximum atomic E-state index is 13.0. The van der Waals surface area contributed by atoms with E-state index >= 15 is 0 Å². The van der Waals surface area contributed by atoms with Gasteiger partial charge in [0.05, 0.1) is 7.11 Å². The van der Waals surface area contributed by atoms with Crippen LogP contribution in [-0.4, -0.2) is 30.4 Å². The Hall–Kier alpha value is -2.04. The number of amides is 1. The second-order valence-corrected chi connectivity index (χ2v) is 7.21. The largest absolute Gasteiger partial charge is 0.468 e. The van der Waals surface area contributed by atoms with E-state index < -0.39 is 5.97 Å². The molecule has 0 N–H and O–H groups in total. The van der Waals surface area contributed by atoms with Crippen LogP contribution in [0.4, 0.5) is 0 Å². The number of methoxy groups -OCH3 is 1. The molecule has 0 aliphatic heterocycles. The third-order valence-corrected chi connectivity index (χ3v) is 5.15. The average Bonchev–Trinajstić information content (AvgIpc) is 3.43. The van der Waals surface area contributed by atoms with E-state index in [1.165, 1.54) is 12.0 Å². The predicted molar refractivity (Wildman–Crippen MR) is 101 cm³/mol. The fraction of sp³-hybridized carbons (Fsp3) is 0.300. The Morgan fingerprint density at radius 1 is 1.12 bits per heavy atom. The summed E-state index contributed by atoms with van der Waals surface area (Å²) < 4.78 is 4.74. The topological polar surface area (TPSA) is 46.6 Å². The van der Waals surface area contributed by atoms with Gasteiger partial charge in [-0.2, -0.15) is 0 Å². The first kappa shape index (κ1) is 18.7. The summed E-state index contributed by atoms with van der Waals surface area (Å²) in [6.45, 7) is 0.251. The first-order valence-electron chi connectivity index (χ1n) is 8.34. The maximum Gasteiger partial charge on any atom is 0.325 e. The Morgan fingerprint density at radius 2 is 1.81 bits per heavy atom. The molecule has 1 saturated carbocycles. The molecule has 2 unspecified atom stereocenters. The molecule has 0 aromatic heterocycles. The summed E-state index contributed by atoms with van der Waals surface area (Å²) >= 11 is 12.2. The standard InChI is InChI=1S/C20H19Cl2NO3/c1-26-19(24)12-23(11-13-6-8-14(21)9-7-13)20(25)17-10-16(17)15-4-2-3-5-18(15)22/h2-9,16-17H,10-12H2,1H3. The van der Waals surface area contributed by atoms with E-state index in [9.17, 15) is 9.59 Å². The van der Waals surface area contributed by atoms with Gasteiger partial charge in [-0.3, -0.25) is 9.59 Å².